The van der Waals surface area contributed by atoms with E-state index in [4.69, 9.17) is 0 Å². The van der Waals surface area contributed by atoms with Crippen LogP contribution in [-0.2, 0) is 4.79 Å². The molecule has 3 rings (SSSR count). The number of hydrogen-bond donors (Lipinski definition) is 2. The second kappa shape index (κ2) is 6.39. The third-order valence-electron chi connectivity index (χ3n) is 4.46. The van der Waals surface area contributed by atoms with Crippen LogP contribution in [0, 0.1) is 11.8 Å². The lowest BCUT2D eigenvalue weighted by atomic mass is 9.96. The molecule has 1 aromatic rings. The van der Waals surface area contributed by atoms with E-state index in [1.165, 1.54) is 0 Å². The van der Waals surface area contributed by atoms with Crippen LogP contribution in [0.25, 0.3) is 0 Å². The third-order valence-corrected chi connectivity index (χ3v) is 4.46. The lowest BCUT2D eigenvalue weighted by Gasteiger charge is -2.33. The monoisotopic (exact) mass is 289 g/mol. The summed E-state index contributed by atoms with van der Waals surface area (Å²) in [5, 5.41) is 6.50. The molecule has 2 saturated heterocycles. The van der Waals surface area contributed by atoms with Gasteiger partial charge in [0.2, 0.25) is 11.9 Å². The summed E-state index contributed by atoms with van der Waals surface area (Å²) < 4.78 is 0. The fourth-order valence-corrected chi connectivity index (χ4v) is 3.20. The van der Waals surface area contributed by atoms with Gasteiger partial charge in [-0.25, -0.2) is 9.97 Å². The number of carbonyl (C=O) groups excluding carboxylic acids is 1. The molecular formula is C15H23N5O. The van der Waals surface area contributed by atoms with E-state index in [-0.39, 0.29) is 17.9 Å². The first-order chi connectivity index (χ1) is 10.2. The van der Waals surface area contributed by atoms with Crippen molar-refractivity contribution in [3.63, 3.8) is 0 Å². The van der Waals surface area contributed by atoms with Gasteiger partial charge in [-0.15, -0.1) is 0 Å². The fourth-order valence-electron chi connectivity index (χ4n) is 3.20. The Hall–Kier alpha value is -1.69. The van der Waals surface area contributed by atoms with Crippen LogP contribution in [0.3, 0.4) is 0 Å². The zero-order valence-electron chi connectivity index (χ0n) is 12.5. The molecule has 6 nitrogen and oxygen atoms in total. The van der Waals surface area contributed by atoms with Crippen molar-refractivity contribution >= 4 is 11.9 Å². The summed E-state index contributed by atoms with van der Waals surface area (Å²) in [7, 11) is 0. The quantitative estimate of drug-likeness (QED) is 0.844. The molecule has 1 aromatic heterocycles. The Bertz CT molecular complexity index is 480. The number of hydrogen-bond acceptors (Lipinski definition) is 5. The molecule has 3 atom stereocenters. The van der Waals surface area contributed by atoms with Crippen LogP contribution >= 0.6 is 0 Å². The highest BCUT2D eigenvalue weighted by Gasteiger charge is 2.31. The number of rotatable bonds is 3. The molecule has 3 heterocycles. The highest BCUT2D eigenvalue weighted by atomic mass is 16.2. The first-order valence-corrected chi connectivity index (χ1v) is 7.77. The van der Waals surface area contributed by atoms with Gasteiger partial charge in [-0.05, 0) is 31.4 Å². The minimum atomic E-state index is 0.105. The number of amides is 1. The summed E-state index contributed by atoms with van der Waals surface area (Å²) in [4.78, 5) is 23.1. The topological polar surface area (TPSA) is 70.2 Å². The van der Waals surface area contributed by atoms with Crippen molar-refractivity contribution in [1.29, 1.82) is 0 Å². The van der Waals surface area contributed by atoms with E-state index >= 15 is 0 Å². The second-order valence-corrected chi connectivity index (χ2v) is 6.08. The Kier molecular flexibility index (Phi) is 4.34. The van der Waals surface area contributed by atoms with Gasteiger partial charge in [-0.3, -0.25) is 4.79 Å². The summed E-state index contributed by atoms with van der Waals surface area (Å²) in [5.74, 6) is 1.47. The van der Waals surface area contributed by atoms with Crippen molar-refractivity contribution in [3.05, 3.63) is 18.5 Å². The summed E-state index contributed by atoms with van der Waals surface area (Å²) in [6, 6.07) is 2.02. The molecule has 0 aromatic carbocycles. The molecular weight excluding hydrogens is 266 g/mol. The summed E-state index contributed by atoms with van der Waals surface area (Å²) in [6.07, 6.45) is 5.61. The van der Waals surface area contributed by atoms with Gasteiger partial charge in [0.05, 0.1) is 5.92 Å². The molecule has 2 aliphatic rings. The van der Waals surface area contributed by atoms with Crippen molar-refractivity contribution in [3.8, 4) is 0 Å². The number of carbonyl (C=O) groups is 1. The van der Waals surface area contributed by atoms with Crippen LogP contribution < -0.4 is 15.5 Å². The minimum absolute atomic E-state index is 0.105. The first-order valence-electron chi connectivity index (χ1n) is 7.77. The maximum absolute atomic E-state index is 12.4. The average Bonchev–Trinajstić information content (AvgIpc) is 2.95. The van der Waals surface area contributed by atoms with Gasteiger partial charge in [-0.1, -0.05) is 6.92 Å². The Morgan fingerprint density at radius 1 is 1.38 bits per heavy atom. The van der Waals surface area contributed by atoms with E-state index in [0.29, 0.717) is 5.92 Å². The molecule has 2 fully saturated rings. The molecule has 114 valence electrons. The highest BCUT2D eigenvalue weighted by molar-refractivity contribution is 5.80. The van der Waals surface area contributed by atoms with Gasteiger partial charge in [-0.2, -0.15) is 0 Å². The van der Waals surface area contributed by atoms with Crippen LogP contribution in [0.2, 0.25) is 0 Å². The van der Waals surface area contributed by atoms with Crippen LogP contribution in [-0.4, -0.2) is 48.1 Å². The number of anilines is 1. The molecule has 21 heavy (non-hydrogen) atoms. The Balaban J connectivity index is 1.57. The number of nitrogens with one attached hydrogen (secondary N) is 2. The minimum Gasteiger partial charge on any atom is -0.351 e. The standard InChI is InChI=1S/C15H23N5O/c1-11-8-16-9-13(11)14(21)19-12-4-2-7-20(10-12)15-17-5-3-6-18-15/h3,5-6,11-13,16H,2,4,7-10H2,1H3,(H,19,21)/t11-,12?,13-/m1/s1. The molecule has 2 N–H and O–H groups in total. The van der Waals surface area contributed by atoms with Crippen molar-refractivity contribution in [2.24, 2.45) is 11.8 Å². The maximum atomic E-state index is 12.4. The zero-order valence-corrected chi connectivity index (χ0v) is 12.5. The van der Waals surface area contributed by atoms with Crippen molar-refractivity contribution in [2.45, 2.75) is 25.8 Å². The fraction of sp³-hybridized carbons (Fsp3) is 0.667. The summed E-state index contributed by atoms with van der Waals surface area (Å²) >= 11 is 0. The molecule has 1 amide bonds. The molecule has 6 heteroatoms. The normalized spacial score (nSPS) is 29.4. The van der Waals surface area contributed by atoms with Gasteiger partial charge in [0.15, 0.2) is 0 Å². The molecule has 0 saturated carbocycles. The Morgan fingerprint density at radius 3 is 2.90 bits per heavy atom. The third kappa shape index (κ3) is 3.32. The number of aromatic nitrogens is 2. The Morgan fingerprint density at radius 2 is 2.19 bits per heavy atom. The predicted octanol–water partition coefficient (Wildman–Crippen LogP) is 0.417. The molecule has 0 radical (unpaired) electrons. The summed E-state index contributed by atoms with van der Waals surface area (Å²) in [6.45, 7) is 5.62. The van der Waals surface area contributed by atoms with Gasteiger partial charge in [0.1, 0.15) is 0 Å². The van der Waals surface area contributed by atoms with E-state index in [9.17, 15) is 4.79 Å². The lowest BCUT2D eigenvalue weighted by Crippen LogP contribution is -2.50. The smallest absolute Gasteiger partial charge is 0.225 e. The first kappa shape index (κ1) is 14.3. The van der Waals surface area contributed by atoms with Crippen LogP contribution in [0.5, 0.6) is 0 Å². The van der Waals surface area contributed by atoms with E-state index < -0.39 is 0 Å². The van der Waals surface area contributed by atoms with Crippen LogP contribution in [0.15, 0.2) is 18.5 Å². The van der Waals surface area contributed by atoms with Crippen LogP contribution in [0.4, 0.5) is 5.95 Å². The molecule has 0 aliphatic carbocycles. The second-order valence-electron chi connectivity index (χ2n) is 6.08. The Labute approximate surface area is 125 Å². The number of piperidine rings is 1. The van der Waals surface area contributed by atoms with E-state index in [0.717, 1.165) is 45.0 Å². The van der Waals surface area contributed by atoms with Crippen molar-refractivity contribution in [1.82, 2.24) is 20.6 Å². The van der Waals surface area contributed by atoms with Gasteiger partial charge in [0, 0.05) is 38.1 Å². The average molecular weight is 289 g/mol. The molecule has 0 bridgehead atoms. The van der Waals surface area contributed by atoms with Gasteiger partial charge in [0.25, 0.3) is 0 Å². The van der Waals surface area contributed by atoms with Crippen LogP contribution in [0.1, 0.15) is 19.8 Å². The molecule has 1 unspecified atom stereocenters. The maximum Gasteiger partial charge on any atom is 0.225 e. The van der Waals surface area contributed by atoms with Crippen molar-refractivity contribution in [2.75, 3.05) is 31.1 Å². The molecule has 0 spiro atoms. The molecule has 2 aliphatic heterocycles. The van der Waals surface area contributed by atoms with E-state index in [1.807, 2.05) is 6.07 Å². The van der Waals surface area contributed by atoms with Crippen molar-refractivity contribution < 1.29 is 4.79 Å². The lowest BCUT2D eigenvalue weighted by molar-refractivity contribution is -0.126. The zero-order chi connectivity index (χ0) is 14.7. The van der Waals surface area contributed by atoms with E-state index in [2.05, 4.69) is 32.4 Å². The van der Waals surface area contributed by atoms with Gasteiger partial charge >= 0.3 is 0 Å². The van der Waals surface area contributed by atoms with E-state index in [1.54, 1.807) is 12.4 Å². The highest BCUT2D eigenvalue weighted by Crippen LogP contribution is 2.19. The predicted molar refractivity (Wildman–Crippen MR) is 80.9 cm³/mol. The van der Waals surface area contributed by atoms with Gasteiger partial charge < -0.3 is 15.5 Å². The largest absolute Gasteiger partial charge is 0.351 e. The summed E-state index contributed by atoms with van der Waals surface area (Å²) in [5.41, 5.74) is 0. The number of nitrogens with zero attached hydrogens (tertiary/aromatic N) is 3. The SMILES string of the molecule is C[C@@H]1CNC[C@H]1C(=O)NC1CCCN(c2ncccn2)C1.